The number of ketones is 1. The van der Waals surface area contributed by atoms with E-state index >= 15 is 0 Å². The van der Waals surface area contributed by atoms with Crippen molar-refractivity contribution in [2.75, 3.05) is 0 Å². The Morgan fingerprint density at radius 1 is 1.37 bits per heavy atom. The zero-order chi connectivity index (χ0) is 13.8. The van der Waals surface area contributed by atoms with Crippen molar-refractivity contribution in [1.82, 2.24) is 0 Å². The number of hydrogen-bond acceptors (Lipinski definition) is 3. The van der Waals surface area contributed by atoms with E-state index in [-0.39, 0.29) is 11.4 Å². The molecule has 1 heterocycles. The summed E-state index contributed by atoms with van der Waals surface area (Å²) in [5.74, 6) is -0.255. The van der Waals surface area contributed by atoms with Crippen LogP contribution >= 0.6 is 22.9 Å². The third kappa shape index (κ3) is 2.93. The van der Waals surface area contributed by atoms with Gasteiger partial charge in [-0.15, -0.1) is 11.3 Å². The summed E-state index contributed by atoms with van der Waals surface area (Å²) in [5.41, 5.74) is 1.65. The lowest BCUT2D eigenvalue weighted by molar-refractivity contribution is 0.104. The fraction of sp³-hybridized carbons (Fsp3) is 0.0667. The van der Waals surface area contributed by atoms with Crippen LogP contribution in [0.1, 0.15) is 20.8 Å². The van der Waals surface area contributed by atoms with Gasteiger partial charge in [-0.1, -0.05) is 29.8 Å². The molecule has 0 aliphatic heterocycles. The van der Waals surface area contributed by atoms with E-state index in [1.165, 1.54) is 17.4 Å². The molecule has 0 radical (unpaired) electrons. The van der Waals surface area contributed by atoms with Gasteiger partial charge in [-0.25, -0.2) is 0 Å². The molecule has 0 amide bonds. The molecule has 2 aromatic rings. The van der Waals surface area contributed by atoms with Gasteiger partial charge in [0.2, 0.25) is 5.78 Å². The number of hydrogen-bond donors (Lipinski definition) is 0. The molecule has 94 valence electrons. The Morgan fingerprint density at radius 3 is 2.68 bits per heavy atom. The summed E-state index contributed by atoms with van der Waals surface area (Å²) in [6, 6.07) is 10.9. The summed E-state index contributed by atoms with van der Waals surface area (Å²) in [6.45, 7) is 1.86. The molecular formula is C15H10ClNOS. The summed E-state index contributed by atoms with van der Waals surface area (Å²) in [4.78, 5) is 12.8. The van der Waals surface area contributed by atoms with E-state index in [1.807, 2.05) is 30.5 Å². The van der Waals surface area contributed by atoms with Crippen LogP contribution < -0.4 is 0 Å². The topological polar surface area (TPSA) is 40.9 Å². The molecule has 0 unspecified atom stereocenters. The molecular weight excluding hydrogens is 278 g/mol. The van der Waals surface area contributed by atoms with Gasteiger partial charge in [-0.3, -0.25) is 4.79 Å². The van der Waals surface area contributed by atoms with Gasteiger partial charge in [-0.2, -0.15) is 5.26 Å². The number of benzene rings is 1. The summed E-state index contributed by atoms with van der Waals surface area (Å²) >= 11 is 7.37. The van der Waals surface area contributed by atoms with E-state index in [0.717, 1.165) is 5.56 Å². The van der Waals surface area contributed by atoms with Crippen molar-refractivity contribution in [2.45, 2.75) is 6.92 Å². The van der Waals surface area contributed by atoms with Crippen LogP contribution in [0.25, 0.3) is 6.08 Å². The summed E-state index contributed by atoms with van der Waals surface area (Å²) in [5, 5.41) is 11.5. The number of nitriles is 1. The molecule has 0 bridgehead atoms. The highest BCUT2D eigenvalue weighted by atomic mass is 35.5. The Bertz CT molecular complexity index is 694. The Morgan fingerprint density at radius 2 is 2.11 bits per heavy atom. The normalized spacial score (nSPS) is 11.1. The second-order valence-corrected chi connectivity index (χ2v) is 5.28. The number of halogens is 1. The van der Waals surface area contributed by atoms with Gasteiger partial charge in [0.25, 0.3) is 0 Å². The second kappa shape index (κ2) is 5.83. The average Bonchev–Trinajstić information content (AvgIpc) is 2.83. The SMILES string of the molecule is Cc1ccsc1C(=O)/C(C#N)=C\c1ccccc1Cl. The quantitative estimate of drug-likeness (QED) is 0.474. The minimum Gasteiger partial charge on any atom is -0.287 e. The largest absolute Gasteiger partial charge is 0.287 e. The monoisotopic (exact) mass is 287 g/mol. The van der Waals surface area contributed by atoms with Gasteiger partial charge in [0.05, 0.1) is 4.88 Å². The summed E-state index contributed by atoms with van der Waals surface area (Å²) in [7, 11) is 0. The zero-order valence-electron chi connectivity index (χ0n) is 10.2. The van der Waals surface area contributed by atoms with Crippen molar-refractivity contribution in [1.29, 1.82) is 5.26 Å². The summed E-state index contributed by atoms with van der Waals surface area (Å²) < 4.78 is 0. The number of rotatable bonds is 3. The molecule has 2 rings (SSSR count). The third-order valence-electron chi connectivity index (χ3n) is 2.64. The fourth-order valence-corrected chi connectivity index (χ4v) is 2.69. The van der Waals surface area contributed by atoms with Crippen LogP contribution in [-0.4, -0.2) is 5.78 Å². The Balaban J connectivity index is 2.42. The molecule has 1 aromatic carbocycles. The van der Waals surface area contributed by atoms with Crippen LogP contribution in [0.4, 0.5) is 0 Å². The van der Waals surface area contributed by atoms with Gasteiger partial charge in [-0.05, 0) is 41.6 Å². The molecule has 0 saturated heterocycles. The van der Waals surface area contributed by atoms with Gasteiger partial charge in [0, 0.05) is 5.02 Å². The van der Waals surface area contributed by atoms with Crippen molar-refractivity contribution in [3.05, 3.63) is 62.3 Å². The van der Waals surface area contributed by atoms with Crippen LogP contribution in [0.15, 0.2) is 41.3 Å². The number of aryl methyl sites for hydroxylation is 1. The number of thiophene rings is 1. The molecule has 1 aromatic heterocycles. The highest BCUT2D eigenvalue weighted by Crippen LogP contribution is 2.23. The second-order valence-electron chi connectivity index (χ2n) is 3.95. The molecule has 0 spiro atoms. The third-order valence-corrected chi connectivity index (χ3v) is 4.00. The van der Waals surface area contributed by atoms with Crippen LogP contribution in [-0.2, 0) is 0 Å². The Hall–Kier alpha value is -1.89. The average molecular weight is 288 g/mol. The first-order valence-corrected chi connectivity index (χ1v) is 6.84. The van der Waals surface area contributed by atoms with Crippen molar-refractivity contribution >= 4 is 34.8 Å². The molecule has 0 N–H and O–H groups in total. The highest BCUT2D eigenvalue weighted by molar-refractivity contribution is 7.12. The van der Waals surface area contributed by atoms with Crippen LogP contribution in [0.5, 0.6) is 0 Å². The molecule has 0 atom stereocenters. The van der Waals surface area contributed by atoms with Crippen LogP contribution in [0.3, 0.4) is 0 Å². The van der Waals surface area contributed by atoms with Crippen LogP contribution in [0.2, 0.25) is 5.02 Å². The lowest BCUT2D eigenvalue weighted by atomic mass is 10.1. The summed E-state index contributed by atoms with van der Waals surface area (Å²) in [6.07, 6.45) is 1.53. The number of carbonyl (C=O) groups excluding carboxylic acids is 1. The standard InChI is InChI=1S/C15H10ClNOS/c1-10-6-7-19-15(10)14(18)12(9-17)8-11-4-2-3-5-13(11)16/h2-8H,1H3/b12-8-. The minimum absolute atomic E-state index is 0.0960. The van der Waals surface area contributed by atoms with E-state index in [2.05, 4.69) is 0 Å². The van der Waals surface area contributed by atoms with Crippen molar-refractivity contribution in [3.8, 4) is 6.07 Å². The lowest BCUT2D eigenvalue weighted by Gasteiger charge is -2.00. The Labute approximate surface area is 120 Å². The number of carbonyl (C=O) groups is 1. The predicted molar refractivity (Wildman–Crippen MR) is 78.4 cm³/mol. The van der Waals surface area contributed by atoms with E-state index in [4.69, 9.17) is 16.9 Å². The molecule has 2 nitrogen and oxygen atoms in total. The number of allylic oxidation sites excluding steroid dienone is 1. The molecule has 0 fully saturated rings. The number of Topliss-reactive ketones (excluding diaryl/α,β-unsaturated/α-hetero) is 1. The van der Waals surface area contributed by atoms with E-state index in [9.17, 15) is 4.79 Å². The zero-order valence-corrected chi connectivity index (χ0v) is 11.8. The van der Waals surface area contributed by atoms with Crippen molar-refractivity contribution in [2.24, 2.45) is 0 Å². The van der Waals surface area contributed by atoms with E-state index in [0.29, 0.717) is 15.5 Å². The van der Waals surface area contributed by atoms with Gasteiger partial charge in [0.15, 0.2) is 0 Å². The molecule has 0 aliphatic carbocycles. The van der Waals surface area contributed by atoms with E-state index < -0.39 is 0 Å². The first kappa shape index (κ1) is 13.5. The van der Waals surface area contributed by atoms with Gasteiger partial charge in [0.1, 0.15) is 11.6 Å². The van der Waals surface area contributed by atoms with Gasteiger partial charge >= 0.3 is 0 Å². The molecule has 0 saturated carbocycles. The first-order chi connectivity index (χ1) is 9.13. The maximum atomic E-state index is 12.3. The van der Waals surface area contributed by atoms with Crippen LogP contribution in [0, 0.1) is 18.3 Å². The van der Waals surface area contributed by atoms with Crippen molar-refractivity contribution < 1.29 is 4.79 Å². The predicted octanol–water partition coefficient (Wildman–Crippen LogP) is 4.50. The lowest BCUT2D eigenvalue weighted by Crippen LogP contribution is -2.01. The fourth-order valence-electron chi connectivity index (χ4n) is 1.62. The first-order valence-electron chi connectivity index (χ1n) is 5.58. The molecule has 4 heteroatoms. The maximum absolute atomic E-state index is 12.3. The number of nitrogens with zero attached hydrogens (tertiary/aromatic N) is 1. The van der Waals surface area contributed by atoms with Crippen molar-refractivity contribution in [3.63, 3.8) is 0 Å². The highest BCUT2D eigenvalue weighted by Gasteiger charge is 2.16. The minimum atomic E-state index is -0.255. The smallest absolute Gasteiger partial charge is 0.213 e. The van der Waals surface area contributed by atoms with E-state index in [1.54, 1.807) is 18.2 Å². The Kier molecular flexibility index (Phi) is 4.16. The maximum Gasteiger partial charge on any atom is 0.213 e. The molecule has 19 heavy (non-hydrogen) atoms. The molecule has 0 aliphatic rings. The van der Waals surface area contributed by atoms with Gasteiger partial charge < -0.3 is 0 Å².